The highest BCUT2D eigenvalue weighted by molar-refractivity contribution is 5.67. The molecule has 0 aromatic carbocycles. The Balaban J connectivity index is 2.28. The van der Waals surface area contributed by atoms with Gasteiger partial charge in [-0.05, 0) is 12.8 Å². The van der Waals surface area contributed by atoms with Crippen molar-refractivity contribution in [1.29, 1.82) is 0 Å². The van der Waals surface area contributed by atoms with Crippen LogP contribution in [0.2, 0.25) is 0 Å². The van der Waals surface area contributed by atoms with Gasteiger partial charge in [-0.3, -0.25) is 0 Å². The molecule has 1 aliphatic heterocycles. The van der Waals surface area contributed by atoms with Crippen molar-refractivity contribution in [3.8, 4) is 0 Å². The number of hydrogen-bond donors (Lipinski definition) is 1. The lowest BCUT2D eigenvalue weighted by atomic mass is 10.1. The molecule has 1 amide bonds. The summed E-state index contributed by atoms with van der Waals surface area (Å²) in [4.78, 5) is 12.8. The van der Waals surface area contributed by atoms with Gasteiger partial charge in [-0.1, -0.05) is 13.3 Å². The molecule has 0 aromatic heterocycles. The van der Waals surface area contributed by atoms with E-state index >= 15 is 0 Å². The standard InChI is InChI=1S/C10H19FN2O2/c1-2-3-6-15-10(14)13-5-4-9(12)8(11)7-13/h8-9H,2-7,12H2,1H3/t8-,9+/m1/s1. The van der Waals surface area contributed by atoms with Crippen molar-refractivity contribution in [3.63, 3.8) is 0 Å². The van der Waals surface area contributed by atoms with E-state index in [1.54, 1.807) is 0 Å². The van der Waals surface area contributed by atoms with Gasteiger partial charge in [-0.2, -0.15) is 0 Å². The summed E-state index contributed by atoms with van der Waals surface area (Å²) in [6, 6.07) is -0.440. The minimum absolute atomic E-state index is 0.0616. The summed E-state index contributed by atoms with van der Waals surface area (Å²) in [5, 5.41) is 0. The molecule has 1 heterocycles. The molecule has 1 fully saturated rings. The van der Waals surface area contributed by atoms with Gasteiger partial charge in [-0.25, -0.2) is 9.18 Å². The third-order valence-corrected chi connectivity index (χ3v) is 2.57. The predicted molar refractivity (Wildman–Crippen MR) is 55.3 cm³/mol. The molecule has 0 saturated carbocycles. The fourth-order valence-electron chi connectivity index (χ4n) is 1.48. The summed E-state index contributed by atoms with van der Waals surface area (Å²) in [6.07, 6.45) is 0.780. The topological polar surface area (TPSA) is 55.6 Å². The molecule has 0 aromatic rings. The van der Waals surface area contributed by atoms with Crippen molar-refractivity contribution in [2.75, 3.05) is 19.7 Å². The molecule has 88 valence electrons. The highest BCUT2D eigenvalue weighted by Gasteiger charge is 2.29. The van der Waals surface area contributed by atoms with Gasteiger partial charge in [0.15, 0.2) is 0 Å². The number of likely N-dealkylation sites (tertiary alicyclic amines) is 1. The number of halogens is 1. The number of carbonyl (C=O) groups excluding carboxylic acids is 1. The van der Waals surface area contributed by atoms with Crippen LogP contribution in [0.1, 0.15) is 26.2 Å². The van der Waals surface area contributed by atoms with Crippen LogP contribution < -0.4 is 5.73 Å². The second-order valence-corrected chi connectivity index (χ2v) is 3.88. The van der Waals surface area contributed by atoms with Gasteiger partial charge in [0.2, 0.25) is 0 Å². The number of unbranched alkanes of at least 4 members (excludes halogenated alkanes) is 1. The lowest BCUT2D eigenvalue weighted by Crippen LogP contribution is -2.50. The highest BCUT2D eigenvalue weighted by atomic mass is 19.1. The van der Waals surface area contributed by atoms with Crippen molar-refractivity contribution in [2.24, 2.45) is 5.73 Å². The third kappa shape index (κ3) is 3.66. The Hall–Kier alpha value is -0.840. The second-order valence-electron chi connectivity index (χ2n) is 3.88. The zero-order chi connectivity index (χ0) is 11.3. The summed E-state index contributed by atoms with van der Waals surface area (Å²) in [6.45, 7) is 2.98. The maximum Gasteiger partial charge on any atom is 0.409 e. The Morgan fingerprint density at radius 2 is 2.40 bits per heavy atom. The maximum absolute atomic E-state index is 13.2. The summed E-state index contributed by atoms with van der Waals surface area (Å²) in [5.74, 6) is 0. The van der Waals surface area contributed by atoms with Crippen LogP contribution in [0.25, 0.3) is 0 Å². The first-order valence-corrected chi connectivity index (χ1v) is 5.46. The number of hydrogen-bond acceptors (Lipinski definition) is 3. The predicted octanol–water partition coefficient (Wildman–Crippen LogP) is 1.29. The van der Waals surface area contributed by atoms with Crippen LogP contribution >= 0.6 is 0 Å². The normalized spacial score (nSPS) is 26.5. The number of alkyl halides is 1. The summed E-state index contributed by atoms with van der Waals surface area (Å²) < 4.78 is 18.2. The molecule has 0 aliphatic carbocycles. The molecule has 0 bridgehead atoms. The minimum atomic E-state index is -1.13. The number of ether oxygens (including phenoxy) is 1. The molecule has 15 heavy (non-hydrogen) atoms. The Bertz CT molecular complexity index is 214. The molecular formula is C10H19FN2O2. The zero-order valence-corrected chi connectivity index (χ0v) is 9.12. The molecule has 0 unspecified atom stereocenters. The van der Waals surface area contributed by atoms with E-state index in [2.05, 4.69) is 0 Å². The van der Waals surface area contributed by atoms with E-state index in [4.69, 9.17) is 10.5 Å². The highest BCUT2D eigenvalue weighted by Crippen LogP contribution is 2.13. The third-order valence-electron chi connectivity index (χ3n) is 2.57. The van der Waals surface area contributed by atoms with Crippen molar-refractivity contribution in [3.05, 3.63) is 0 Å². The average Bonchev–Trinajstić information content (AvgIpc) is 2.22. The molecule has 1 saturated heterocycles. The van der Waals surface area contributed by atoms with Crippen molar-refractivity contribution < 1.29 is 13.9 Å². The van der Waals surface area contributed by atoms with Crippen LogP contribution in [0.3, 0.4) is 0 Å². The largest absolute Gasteiger partial charge is 0.449 e. The first-order chi connectivity index (χ1) is 7.15. The summed E-state index contributed by atoms with van der Waals surface area (Å²) in [7, 11) is 0. The van der Waals surface area contributed by atoms with Gasteiger partial charge in [0.05, 0.1) is 13.2 Å². The Morgan fingerprint density at radius 1 is 1.67 bits per heavy atom. The molecular weight excluding hydrogens is 199 g/mol. The SMILES string of the molecule is CCCCOC(=O)N1CC[C@H](N)[C@H](F)C1. The van der Waals surface area contributed by atoms with E-state index in [1.165, 1.54) is 4.90 Å². The van der Waals surface area contributed by atoms with Crippen LogP contribution in [0.15, 0.2) is 0 Å². The van der Waals surface area contributed by atoms with Crippen LogP contribution in [0.5, 0.6) is 0 Å². The Kier molecular flexibility index (Phi) is 4.81. The number of carbonyl (C=O) groups is 1. The van der Waals surface area contributed by atoms with E-state index in [0.717, 1.165) is 12.8 Å². The minimum Gasteiger partial charge on any atom is -0.449 e. The molecule has 1 aliphatic rings. The Morgan fingerprint density at radius 3 is 3.00 bits per heavy atom. The van der Waals surface area contributed by atoms with Gasteiger partial charge in [0.25, 0.3) is 0 Å². The van der Waals surface area contributed by atoms with Crippen LogP contribution in [-0.4, -0.2) is 42.9 Å². The van der Waals surface area contributed by atoms with Crippen molar-refractivity contribution >= 4 is 6.09 Å². The van der Waals surface area contributed by atoms with E-state index in [9.17, 15) is 9.18 Å². The quantitative estimate of drug-likeness (QED) is 0.726. The maximum atomic E-state index is 13.2. The Labute approximate surface area is 89.6 Å². The number of piperidine rings is 1. The van der Waals surface area contributed by atoms with Crippen LogP contribution in [-0.2, 0) is 4.74 Å². The van der Waals surface area contributed by atoms with Crippen molar-refractivity contribution in [1.82, 2.24) is 4.90 Å². The number of nitrogens with two attached hydrogens (primary N) is 1. The van der Waals surface area contributed by atoms with Gasteiger partial charge in [0.1, 0.15) is 6.17 Å². The van der Waals surface area contributed by atoms with Crippen LogP contribution in [0.4, 0.5) is 9.18 Å². The fourth-order valence-corrected chi connectivity index (χ4v) is 1.48. The molecule has 2 N–H and O–H groups in total. The number of amides is 1. The smallest absolute Gasteiger partial charge is 0.409 e. The molecule has 5 heteroatoms. The number of nitrogens with zero attached hydrogens (tertiary/aromatic N) is 1. The van der Waals surface area contributed by atoms with Gasteiger partial charge in [0, 0.05) is 12.6 Å². The first kappa shape index (κ1) is 12.2. The van der Waals surface area contributed by atoms with Gasteiger partial charge in [-0.15, -0.1) is 0 Å². The van der Waals surface area contributed by atoms with Gasteiger partial charge >= 0.3 is 6.09 Å². The molecule has 0 spiro atoms. The summed E-state index contributed by atoms with van der Waals surface area (Å²) in [5.41, 5.74) is 5.51. The zero-order valence-electron chi connectivity index (χ0n) is 9.12. The lowest BCUT2D eigenvalue weighted by molar-refractivity contribution is 0.0696. The molecule has 1 rings (SSSR count). The van der Waals surface area contributed by atoms with Gasteiger partial charge < -0.3 is 15.4 Å². The molecule has 4 nitrogen and oxygen atoms in total. The lowest BCUT2D eigenvalue weighted by Gasteiger charge is -2.32. The van der Waals surface area contributed by atoms with E-state index in [1.807, 2.05) is 6.92 Å². The summed E-state index contributed by atoms with van der Waals surface area (Å²) >= 11 is 0. The van der Waals surface area contributed by atoms with E-state index < -0.39 is 18.3 Å². The van der Waals surface area contributed by atoms with E-state index in [-0.39, 0.29) is 6.54 Å². The fraction of sp³-hybridized carbons (Fsp3) is 0.900. The molecule has 2 atom stereocenters. The first-order valence-electron chi connectivity index (χ1n) is 5.46. The average molecular weight is 218 g/mol. The number of rotatable bonds is 3. The molecule has 0 radical (unpaired) electrons. The van der Waals surface area contributed by atoms with E-state index in [0.29, 0.717) is 19.6 Å². The monoisotopic (exact) mass is 218 g/mol. The van der Waals surface area contributed by atoms with Crippen LogP contribution in [0, 0.1) is 0 Å². The second kappa shape index (κ2) is 5.90. The van der Waals surface area contributed by atoms with Crippen molar-refractivity contribution in [2.45, 2.75) is 38.4 Å².